The molecule has 147 heavy (non-hydrogen) atoms. The molecule has 0 aliphatic carbocycles. The summed E-state index contributed by atoms with van der Waals surface area (Å²) in [6, 6.07) is 3.83. The number of aromatic amines is 3. The molecule has 19 rings (SSSR count). The summed E-state index contributed by atoms with van der Waals surface area (Å²) in [6.07, 6.45) is -26.1. The maximum Gasteiger partial charge on any atom is 0.472 e. The van der Waals surface area contributed by atoms with E-state index in [0.717, 1.165) is 49.6 Å². The number of aliphatic hydroxyl groups is 1. The minimum atomic E-state index is -5.70. The molecule has 26 N–H and O–H groups in total. The lowest BCUT2D eigenvalue weighted by atomic mass is 10.2. The first-order valence-electron chi connectivity index (χ1n) is 43.3. The number of aromatic nitrogens is 23. The first-order chi connectivity index (χ1) is 69.6. The van der Waals surface area contributed by atoms with Gasteiger partial charge in [0, 0.05) is 63.5 Å². The average molecular weight is 2210 g/mol. The van der Waals surface area contributed by atoms with Gasteiger partial charge < -0.3 is 118 Å². The van der Waals surface area contributed by atoms with Gasteiger partial charge in [-0.2, -0.15) is 24.9 Å². The number of aliphatic hydroxyl groups excluding tert-OH is 1. The summed E-state index contributed by atoms with van der Waals surface area (Å²) >= 11 is 0. The van der Waals surface area contributed by atoms with E-state index in [4.69, 9.17) is 128 Å². The predicted molar refractivity (Wildman–Crippen MR) is 483 cm³/mol. The van der Waals surface area contributed by atoms with Gasteiger partial charge in [-0.1, -0.05) is 0 Å². The third-order valence-corrected chi connectivity index (χ3v) is 30.4. The van der Waals surface area contributed by atoms with Crippen LogP contribution in [-0.2, 0) is 124 Å². The standard InChI is InChI=1S/C69H87N30O41P7/c70-27-1-4-77-57-51(27)80-22-95(57)47-10-31(38(131-47)17-124-147(119,120)140-34-13-50(99-26-84-55-61(99)89-67(76)92-64(55)103)133-40(34)19-126-143(111,112)135-29-8-45(93-5-2-42(71)85-68(93)104)129-36(29)15-121-141(106,107)108)137-145(115,116)125-18-39-32(11-48(132-39)96-23-81-52-56(73)78-21-79-58(52)96)138-146(117,118)127-20-41-33(12-49(134-41)98-25-83-54-60(98)88-66(75)91-63(54)102)139-144(113,114)123-16-37-30(9-46(130-37)94-6-3-43(72)86-69(94)105)136-142(109,110)122-14-35-28(100)7-44(128-35)97-24-82-53-59(97)87-65(74)90-62(53)101/h1-6,21-26,28-41,44-50,100H,7-20H2,(H2,70,77)(H,109,110)(H,111,112)(H,113,114)(H,115,116)(H,117,118)(H,119,120)(H2,71,85,104)(H2,72,86,105)(H2,73,78,79)(H2,106,107,108)(H3,74,87,90,101)(H3,75,88,91,102)(H3,76,89,92,103)/t28-,29-,30-,31-,32-,33-,34-,35+,36+,37+,38+,39+,40+,41+,44+,45+,46+,47+,48+,49+,50+/m0/s1. The van der Waals surface area contributed by atoms with Crippen LogP contribution in [0, 0.1) is 0 Å². The van der Waals surface area contributed by atoms with Crippen LogP contribution < -0.4 is 68.2 Å². The van der Waals surface area contributed by atoms with Gasteiger partial charge in [-0.25, -0.2) is 81.4 Å². The van der Waals surface area contributed by atoms with Gasteiger partial charge in [-0.15, -0.1) is 0 Å². The fourth-order valence-corrected chi connectivity index (χ4v) is 23.3. The van der Waals surface area contributed by atoms with E-state index in [1.807, 2.05) is 0 Å². The Morgan fingerprint density at radius 3 is 0.912 bits per heavy atom. The van der Waals surface area contributed by atoms with Gasteiger partial charge in [0.25, 0.3) is 16.7 Å². The van der Waals surface area contributed by atoms with E-state index < -0.39 is 309 Å². The highest BCUT2D eigenvalue weighted by Gasteiger charge is 2.54. The first kappa shape index (κ1) is 105. The van der Waals surface area contributed by atoms with Crippen molar-refractivity contribution in [1.82, 2.24) is 112 Å². The summed E-state index contributed by atoms with van der Waals surface area (Å²) in [6.45, 7) is -7.42. The van der Waals surface area contributed by atoms with Crippen LogP contribution in [0.5, 0.6) is 0 Å². The first-order valence-corrected chi connectivity index (χ1v) is 53.8. The SMILES string of the molecule is Nc1ccn([C@H]2C[C@H](OP(=O)(O)OC[C@H]3O[C@@H](n4cnc5c(=O)[nH]c(N)nc54)C[C@@H]3OP(=O)(O)OC[C@H]3O[C@@H](n4cnc5c(N)ccnc54)C[C@@H]3OP(=O)(O)OC[C@H]3O[C@@H](n4cnc5c(N)ncnc54)C[C@@H]3OP(=O)(O)OC[C@H]3O[C@@H](n4cnc5c(=O)[nH]c(N)nc54)C[C@@H]3OP(=O)(O)OC[C@H]3O[C@@H](n4ccc(N)nc4=O)C[C@@H]3OP(=O)(O)OC[C@H]3O[C@@H](n4cnc5c(=O)[nH]c(N)nc54)C[C@@H]3O)[C@@H](COP(=O)(O)O)O2)c(=O)n1. The zero-order chi connectivity index (χ0) is 104. The van der Waals surface area contributed by atoms with Gasteiger partial charge in [-0.05, 0) is 18.2 Å². The molecule has 27 atom stereocenters. The van der Waals surface area contributed by atoms with Crippen molar-refractivity contribution in [3.63, 3.8) is 0 Å². The Hall–Kier alpha value is -11.0. The lowest BCUT2D eigenvalue weighted by Gasteiger charge is -2.26. The second-order valence-electron chi connectivity index (χ2n) is 33.6. The number of hydrogen-bond donors (Lipinski definition) is 19. The van der Waals surface area contributed by atoms with Crippen LogP contribution in [0.4, 0.5) is 41.0 Å². The van der Waals surface area contributed by atoms with E-state index in [1.165, 1.54) is 57.1 Å². The highest BCUT2D eigenvalue weighted by atomic mass is 31.2. The van der Waals surface area contributed by atoms with Crippen LogP contribution in [-0.4, -0.2) is 288 Å². The Bertz CT molecular complexity index is 7620. The fourth-order valence-electron chi connectivity index (χ4n) is 17.2. The number of nitrogens with one attached hydrogen (secondary N) is 3. The summed E-state index contributed by atoms with van der Waals surface area (Å²) in [4.78, 5) is 214. The lowest BCUT2D eigenvalue weighted by Crippen LogP contribution is -2.32. The molecule has 0 saturated carbocycles. The van der Waals surface area contributed by atoms with E-state index in [2.05, 4.69) is 84.3 Å². The number of phosphoric acid groups is 7. The number of pyridine rings is 1. The zero-order valence-corrected chi connectivity index (χ0v) is 80.9. The van der Waals surface area contributed by atoms with Crippen LogP contribution in [0.3, 0.4) is 0 Å². The Balaban J connectivity index is 0.542. The molecule has 71 nitrogen and oxygen atoms in total. The van der Waals surface area contributed by atoms with E-state index >= 15 is 0 Å². The smallest absolute Gasteiger partial charge is 0.397 e. The third kappa shape index (κ3) is 23.3. The number of fused-ring (bicyclic) bond motifs is 5. The second kappa shape index (κ2) is 41.1. The van der Waals surface area contributed by atoms with Gasteiger partial charge in [0.05, 0.1) is 89.7 Å². The largest absolute Gasteiger partial charge is 0.472 e. The van der Waals surface area contributed by atoms with Gasteiger partial charge in [0.1, 0.15) is 152 Å². The van der Waals surface area contributed by atoms with Gasteiger partial charge in [-0.3, -0.25) is 120 Å². The fraction of sp³-hybridized carbons (Fsp3) is 0.507. The number of H-pyrrole nitrogens is 3. The molecular weight excluding hydrogens is 2120 g/mol. The lowest BCUT2D eigenvalue weighted by molar-refractivity contribution is -0.0646. The van der Waals surface area contributed by atoms with Crippen molar-refractivity contribution in [3.05, 3.63) is 127 Å². The summed E-state index contributed by atoms with van der Waals surface area (Å²) in [7, 11) is -38.8. The predicted octanol–water partition coefficient (Wildman–Crippen LogP) is -2.24. The Kier molecular flexibility index (Phi) is 29.2. The number of nitrogens with two attached hydrogens (primary N) is 7. The maximum absolute atomic E-state index is 14.8. The third-order valence-electron chi connectivity index (χ3n) is 23.8. The highest BCUT2D eigenvalue weighted by Crippen LogP contribution is 2.58. The van der Waals surface area contributed by atoms with Crippen molar-refractivity contribution in [1.29, 1.82) is 0 Å². The summed E-state index contributed by atoms with van der Waals surface area (Å²) in [5.41, 5.74) is 36.3. The van der Waals surface area contributed by atoms with Crippen molar-refractivity contribution in [2.24, 2.45) is 0 Å². The minimum Gasteiger partial charge on any atom is -0.397 e. The number of nitrogen functional groups attached to an aromatic ring is 7. The Morgan fingerprint density at radius 2 is 0.592 bits per heavy atom. The molecule has 0 amide bonds. The van der Waals surface area contributed by atoms with Crippen molar-refractivity contribution in [2.45, 2.75) is 174 Å². The van der Waals surface area contributed by atoms with Crippen molar-refractivity contribution in [3.8, 4) is 0 Å². The molecular formula is C69H87N30O41P7. The highest BCUT2D eigenvalue weighted by molar-refractivity contribution is 7.49. The van der Waals surface area contributed by atoms with E-state index in [0.29, 0.717) is 0 Å². The monoisotopic (exact) mass is 2210 g/mol. The molecule has 0 radical (unpaired) electrons. The minimum absolute atomic E-state index is 0.0158. The number of anilines is 7. The summed E-state index contributed by atoms with van der Waals surface area (Å²) in [5.74, 6) is -1.61. The van der Waals surface area contributed by atoms with Crippen molar-refractivity contribution >= 4 is 152 Å². The molecule has 0 spiro atoms. The molecule has 12 aromatic heterocycles. The molecule has 7 saturated heterocycles. The molecule has 19 heterocycles. The molecule has 7 aliphatic heterocycles. The molecule has 7 fully saturated rings. The molecule has 12 aromatic rings. The van der Waals surface area contributed by atoms with E-state index in [9.17, 15) is 100 Å². The number of ether oxygens (including phenoxy) is 7. The number of phosphoric ester groups is 7. The molecule has 0 bridgehead atoms. The topological polar surface area (TPSA) is 1000 Å². The van der Waals surface area contributed by atoms with Gasteiger partial charge in [0.15, 0.2) is 50.6 Å². The van der Waals surface area contributed by atoms with Crippen LogP contribution in [0.25, 0.3) is 55.8 Å². The number of hydrogen-bond acceptors (Lipinski definition) is 53. The second-order valence-corrected chi connectivity index (χ2v) is 43.3. The molecule has 0 aromatic carbocycles. The van der Waals surface area contributed by atoms with Crippen LogP contribution >= 0.6 is 54.8 Å². The number of nitrogens with zero attached hydrogens (tertiary/aromatic N) is 20. The summed E-state index contributed by atoms with van der Waals surface area (Å²) < 4.78 is 221. The van der Waals surface area contributed by atoms with Crippen LogP contribution in [0.2, 0.25) is 0 Å². The van der Waals surface area contributed by atoms with Crippen LogP contribution in [0.1, 0.15) is 88.5 Å². The van der Waals surface area contributed by atoms with E-state index in [-0.39, 0.29) is 91.3 Å². The Labute approximate surface area is 815 Å². The molecule has 794 valence electrons. The van der Waals surface area contributed by atoms with Crippen LogP contribution in [0.15, 0.2) is 98.7 Å². The molecule has 6 unspecified atom stereocenters. The quantitative estimate of drug-likeness (QED) is 0.0181. The normalized spacial score (nSPS) is 29.1. The number of imidazole rings is 5. The maximum atomic E-state index is 14.8. The molecule has 7 aliphatic rings. The summed E-state index contributed by atoms with van der Waals surface area (Å²) in [5, 5.41) is 11.1. The number of rotatable bonds is 40. The van der Waals surface area contributed by atoms with Crippen molar-refractivity contribution in [2.75, 3.05) is 86.4 Å². The van der Waals surface area contributed by atoms with Gasteiger partial charge in [0.2, 0.25) is 17.8 Å². The molecule has 78 heteroatoms. The Morgan fingerprint density at radius 1 is 0.320 bits per heavy atom. The van der Waals surface area contributed by atoms with Crippen molar-refractivity contribution < 1.29 is 168 Å². The van der Waals surface area contributed by atoms with Gasteiger partial charge >= 0.3 is 66.1 Å². The van der Waals surface area contributed by atoms with E-state index in [1.54, 1.807) is 0 Å². The zero-order valence-electron chi connectivity index (χ0n) is 74.7. The average Bonchev–Trinajstić information content (AvgIpc) is 1.62.